The Bertz CT molecular complexity index is 583. The van der Waals surface area contributed by atoms with E-state index in [-0.39, 0.29) is 11.3 Å². The molecule has 1 aromatic carbocycles. The predicted molar refractivity (Wildman–Crippen MR) is 65.7 cm³/mol. The van der Waals surface area contributed by atoms with E-state index in [0.717, 1.165) is 7.11 Å². The molecule has 0 radical (unpaired) electrons. The van der Waals surface area contributed by atoms with Crippen LogP contribution in [0.1, 0.15) is 5.56 Å². The minimum Gasteiger partial charge on any atom is -0.468 e. The first kappa shape index (κ1) is 15.1. The van der Waals surface area contributed by atoms with Crippen LogP contribution in [0.15, 0.2) is 24.3 Å². The molecule has 19 heavy (non-hydrogen) atoms. The van der Waals surface area contributed by atoms with Crippen molar-refractivity contribution in [2.45, 2.75) is 5.75 Å². The Balaban J connectivity index is 2.84. The van der Waals surface area contributed by atoms with Gasteiger partial charge >= 0.3 is 5.97 Å². The highest BCUT2D eigenvalue weighted by atomic mass is 32.2. The molecular weight excluding hydrogens is 276 g/mol. The van der Waals surface area contributed by atoms with Crippen LogP contribution in [0.2, 0.25) is 0 Å². The number of carbonyl (C=O) groups excluding carboxylic acids is 1. The lowest BCUT2D eigenvalue weighted by Gasteiger charge is -2.06. The fourth-order valence-electron chi connectivity index (χ4n) is 1.31. The third kappa shape index (κ3) is 4.64. The molecular formula is C10H12N2O6S. The number of nitrogens with zero attached hydrogens (tertiary/aromatic N) is 1. The standard InChI is InChI=1S/C10H12N2O6S/c1-18-10(13)6-11-19(16,17)7-8-4-2-3-5-9(8)12(14)15/h2-5,11H,6-7H2,1H3. The number of sulfonamides is 1. The van der Waals surface area contributed by atoms with Crippen LogP contribution in [0, 0.1) is 10.1 Å². The van der Waals surface area contributed by atoms with Gasteiger partial charge in [-0.15, -0.1) is 0 Å². The number of nitro benzene ring substituents is 1. The number of nitrogens with one attached hydrogen (secondary N) is 1. The first-order chi connectivity index (χ1) is 8.85. The molecule has 104 valence electrons. The van der Waals surface area contributed by atoms with E-state index in [1.807, 2.05) is 4.72 Å². The Kier molecular flexibility index (Phi) is 4.95. The molecule has 0 amide bonds. The van der Waals surface area contributed by atoms with Crippen LogP contribution in [0.4, 0.5) is 5.69 Å². The number of esters is 1. The topological polar surface area (TPSA) is 116 Å². The zero-order chi connectivity index (χ0) is 14.5. The van der Waals surface area contributed by atoms with Gasteiger partial charge in [0.15, 0.2) is 0 Å². The lowest BCUT2D eigenvalue weighted by Crippen LogP contribution is -2.31. The van der Waals surface area contributed by atoms with Gasteiger partial charge in [-0.2, -0.15) is 0 Å². The van der Waals surface area contributed by atoms with Gasteiger partial charge in [0.25, 0.3) is 5.69 Å². The van der Waals surface area contributed by atoms with Crippen LogP contribution < -0.4 is 4.72 Å². The number of carbonyl (C=O) groups is 1. The Hall–Kier alpha value is -2.00. The van der Waals surface area contributed by atoms with E-state index in [0.29, 0.717) is 0 Å². The van der Waals surface area contributed by atoms with E-state index in [4.69, 9.17) is 0 Å². The smallest absolute Gasteiger partial charge is 0.320 e. The number of ether oxygens (including phenoxy) is 1. The van der Waals surface area contributed by atoms with Crippen LogP contribution in [0.3, 0.4) is 0 Å². The van der Waals surface area contributed by atoms with Crippen molar-refractivity contribution in [3.63, 3.8) is 0 Å². The van der Waals surface area contributed by atoms with Crippen molar-refractivity contribution < 1.29 is 22.9 Å². The van der Waals surface area contributed by atoms with E-state index in [1.165, 1.54) is 24.3 Å². The number of methoxy groups -OCH3 is 1. The largest absolute Gasteiger partial charge is 0.468 e. The number of nitro groups is 1. The first-order valence-electron chi connectivity index (χ1n) is 5.12. The fourth-order valence-corrected chi connectivity index (χ4v) is 2.40. The van der Waals surface area contributed by atoms with E-state index in [9.17, 15) is 23.3 Å². The molecule has 0 aliphatic rings. The monoisotopic (exact) mass is 288 g/mol. The van der Waals surface area contributed by atoms with Gasteiger partial charge in [-0.25, -0.2) is 13.1 Å². The average molecular weight is 288 g/mol. The number of benzene rings is 1. The minimum absolute atomic E-state index is 0.0462. The summed E-state index contributed by atoms with van der Waals surface area (Å²) in [6.07, 6.45) is 0. The molecule has 0 aliphatic heterocycles. The van der Waals surface area contributed by atoms with Crippen molar-refractivity contribution in [2.75, 3.05) is 13.7 Å². The van der Waals surface area contributed by atoms with Crippen LogP contribution in [-0.2, 0) is 25.3 Å². The van der Waals surface area contributed by atoms with E-state index >= 15 is 0 Å². The highest BCUT2D eigenvalue weighted by molar-refractivity contribution is 7.88. The van der Waals surface area contributed by atoms with Crippen LogP contribution >= 0.6 is 0 Å². The second-order valence-corrected chi connectivity index (χ2v) is 5.35. The molecule has 0 saturated heterocycles. The molecule has 8 nitrogen and oxygen atoms in total. The summed E-state index contributed by atoms with van der Waals surface area (Å²) in [5, 5.41) is 10.7. The van der Waals surface area contributed by atoms with Crippen molar-refractivity contribution >= 4 is 21.7 Å². The number of rotatable bonds is 6. The molecule has 1 N–H and O–H groups in total. The zero-order valence-electron chi connectivity index (χ0n) is 10.0. The summed E-state index contributed by atoms with van der Waals surface area (Å²) in [5.74, 6) is -1.33. The summed E-state index contributed by atoms with van der Waals surface area (Å²) >= 11 is 0. The summed E-state index contributed by atoms with van der Waals surface area (Å²) in [5.41, 5.74) is -0.240. The van der Waals surface area contributed by atoms with Crippen molar-refractivity contribution in [2.24, 2.45) is 0 Å². The van der Waals surface area contributed by atoms with Crippen LogP contribution in [-0.4, -0.2) is 33.0 Å². The maximum absolute atomic E-state index is 11.7. The molecule has 0 spiro atoms. The molecule has 1 aromatic rings. The predicted octanol–water partition coefficient (Wildman–Crippen LogP) is 0.187. The van der Waals surface area contributed by atoms with Crippen molar-refractivity contribution in [1.29, 1.82) is 0 Å². The SMILES string of the molecule is COC(=O)CNS(=O)(=O)Cc1ccccc1[N+](=O)[O-]. The minimum atomic E-state index is -3.85. The molecule has 0 fully saturated rings. The highest BCUT2D eigenvalue weighted by Crippen LogP contribution is 2.19. The van der Waals surface area contributed by atoms with Gasteiger partial charge in [0, 0.05) is 11.6 Å². The number of hydrogen-bond acceptors (Lipinski definition) is 6. The molecule has 1 rings (SSSR count). The van der Waals surface area contributed by atoms with Crippen LogP contribution in [0.25, 0.3) is 0 Å². The first-order valence-corrected chi connectivity index (χ1v) is 6.77. The lowest BCUT2D eigenvalue weighted by molar-refractivity contribution is -0.385. The molecule has 0 atom stereocenters. The molecule has 0 aromatic heterocycles. The molecule has 0 heterocycles. The Morgan fingerprint density at radius 1 is 1.42 bits per heavy atom. The average Bonchev–Trinajstić information content (AvgIpc) is 2.36. The molecule has 9 heteroatoms. The quantitative estimate of drug-likeness (QED) is 0.453. The van der Waals surface area contributed by atoms with Gasteiger partial charge in [-0.3, -0.25) is 14.9 Å². The lowest BCUT2D eigenvalue weighted by atomic mass is 10.2. The maximum atomic E-state index is 11.7. The van der Waals surface area contributed by atoms with Gasteiger partial charge < -0.3 is 4.74 Å². The van der Waals surface area contributed by atoms with E-state index in [2.05, 4.69) is 4.74 Å². The number of hydrogen-bond donors (Lipinski definition) is 1. The second-order valence-electron chi connectivity index (χ2n) is 3.54. The zero-order valence-corrected chi connectivity index (χ0v) is 10.8. The molecule has 0 aliphatic carbocycles. The van der Waals surface area contributed by atoms with Gasteiger partial charge in [0.05, 0.1) is 17.8 Å². The van der Waals surface area contributed by atoms with E-state index in [1.54, 1.807) is 0 Å². The molecule has 0 unspecified atom stereocenters. The normalized spacial score (nSPS) is 11.0. The Labute approximate surface area is 109 Å². The maximum Gasteiger partial charge on any atom is 0.320 e. The Morgan fingerprint density at radius 3 is 2.63 bits per heavy atom. The molecule has 0 bridgehead atoms. The summed E-state index contributed by atoms with van der Waals surface area (Å²) in [6.45, 7) is -0.514. The van der Waals surface area contributed by atoms with Gasteiger partial charge in [-0.1, -0.05) is 18.2 Å². The summed E-state index contributed by atoms with van der Waals surface area (Å²) in [7, 11) is -2.73. The van der Waals surface area contributed by atoms with Gasteiger partial charge in [0.2, 0.25) is 10.0 Å². The highest BCUT2D eigenvalue weighted by Gasteiger charge is 2.20. The number of para-hydroxylation sites is 1. The second kappa shape index (κ2) is 6.25. The molecule has 0 saturated carbocycles. The third-order valence-corrected chi connectivity index (χ3v) is 3.47. The fraction of sp³-hybridized carbons (Fsp3) is 0.300. The van der Waals surface area contributed by atoms with Gasteiger partial charge in [-0.05, 0) is 0 Å². The summed E-state index contributed by atoms with van der Waals surface area (Å²) in [4.78, 5) is 20.9. The van der Waals surface area contributed by atoms with Crippen molar-refractivity contribution in [3.05, 3.63) is 39.9 Å². The third-order valence-electron chi connectivity index (χ3n) is 2.20. The van der Waals surface area contributed by atoms with E-state index < -0.39 is 33.2 Å². The Morgan fingerprint density at radius 2 is 2.05 bits per heavy atom. The van der Waals surface area contributed by atoms with Crippen LogP contribution in [0.5, 0.6) is 0 Å². The van der Waals surface area contributed by atoms with Crippen molar-refractivity contribution in [3.8, 4) is 0 Å². The summed E-state index contributed by atoms with van der Waals surface area (Å²) < 4.78 is 29.6. The van der Waals surface area contributed by atoms with Crippen molar-refractivity contribution in [1.82, 2.24) is 4.72 Å². The van der Waals surface area contributed by atoms with Gasteiger partial charge in [0.1, 0.15) is 6.54 Å². The summed E-state index contributed by atoms with van der Waals surface area (Å²) in [6, 6.07) is 5.49.